The minimum Gasteiger partial charge on any atom is -0.496 e. The molecule has 0 unspecified atom stereocenters. The molecule has 0 spiro atoms. The van der Waals surface area contributed by atoms with Crippen molar-refractivity contribution in [2.45, 2.75) is 24.7 Å². The van der Waals surface area contributed by atoms with Gasteiger partial charge in [-0.2, -0.15) is 0 Å². The number of benzene rings is 1. The summed E-state index contributed by atoms with van der Waals surface area (Å²) in [6.45, 7) is 2.17. The van der Waals surface area contributed by atoms with Crippen molar-refractivity contribution in [2.24, 2.45) is 0 Å². The Hall–Kier alpha value is -1.86. The van der Waals surface area contributed by atoms with Gasteiger partial charge in [0.25, 0.3) is 0 Å². The monoisotopic (exact) mass is 310 g/mol. The number of methoxy groups -OCH3 is 1. The van der Waals surface area contributed by atoms with Gasteiger partial charge in [-0.05, 0) is 43.5 Å². The highest BCUT2D eigenvalue weighted by Crippen LogP contribution is 2.21. The lowest BCUT2D eigenvalue weighted by molar-refractivity contribution is 0.411. The molecule has 0 bridgehead atoms. The Bertz CT molecular complexity index is 681. The Labute approximate surface area is 124 Å². The predicted molar refractivity (Wildman–Crippen MR) is 77.7 cm³/mol. The minimum atomic E-state index is -3.49. The summed E-state index contributed by atoms with van der Waals surface area (Å²) in [6, 6.07) is 4.79. The van der Waals surface area contributed by atoms with Crippen molar-refractivity contribution >= 4 is 10.0 Å². The van der Waals surface area contributed by atoms with Gasteiger partial charge in [-0.15, -0.1) is 0 Å². The average molecular weight is 310 g/mol. The quantitative estimate of drug-likeness (QED) is 0.790. The van der Waals surface area contributed by atoms with E-state index in [1.54, 1.807) is 31.7 Å². The summed E-state index contributed by atoms with van der Waals surface area (Å²) < 4.78 is 36.7. The Balaban J connectivity index is 1.93. The van der Waals surface area contributed by atoms with Crippen LogP contribution in [0.5, 0.6) is 5.75 Å². The highest BCUT2D eigenvalue weighted by molar-refractivity contribution is 7.89. The fourth-order valence-corrected chi connectivity index (χ4v) is 3.11. The molecular weight excluding hydrogens is 292 g/mol. The number of nitrogens with zero attached hydrogens (tertiary/aromatic N) is 1. The number of nitrogens with one attached hydrogen (secondary N) is 1. The summed E-state index contributed by atoms with van der Waals surface area (Å²) >= 11 is 0. The van der Waals surface area contributed by atoms with Gasteiger partial charge >= 0.3 is 0 Å². The van der Waals surface area contributed by atoms with Crippen LogP contribution in [0.1, 0.15) is 17.5 Å². The van der Waals surface area contributed by atoms with Gasteiger partial charge in [0.2, 0.25) is 10.0 Å². The molecule has 6 nitrogen and oxygen atoms in total. The van der Waals surface area contributed by atoms with Crippen molar-refractivity contribution in [3.8, 4) is 5.75 Å². The minimum absolute atomic E-state index is 0.241. The normalized spacial score (nSPS) is 11.5. The smallest absolute Gasteiger partial charge is 0.240 e. The second-order valence-corrected chi connectivity index (χ2v) is 6.43. The summed E-state index contributed by atoms with van der Waals surface area (Å²) in [5.74, 6) is 0.668. The third-order valence-electron chi connectivity index (χ3n) is 3.09. The van der Waals surface area contributed by atoms with E-state index in [0.29, 0.717) is 25.1 Å². The first-order chi connectivity index (χ1) is 10.0. The zero-order valence-corrected chi connectivity index (χ0v) is 12.8. The molecule has 0 aliphatic carbocycles. The third kappa shape index (κ3) is 4.05. The van der Waals surface area contributed by atoms with Crippen LogP contribution < -0.4 is 9.46 Å². The number of aromatic nitrogens is 1. The summed E-state index contributed by atoms with van der Waals surface area (Å²) in [4.78, 5) is 0.241. The van der Waals surface area contributed by atoms with Crippen molar-refractivity contribution < 1.29 is 17.7 Å². The number of ether oxygens (including phenoxy) is 1. The second-order valence-electron chi connectivity index (χ2n) is 4.67. The van der Waals surface area contributed by atoms with E-state index in [0.717, 1.165) is 11.1 Å². The number of hydrogen-bond acceptors (Lipinski definition) is 5. The van der Waals surface area contributed by atoms with E-state index in [4.69, 9.17) is 9.26 Å². The lowest BCUT2D eigenvalue weighted by atomic mass is 10.2. The Morgan fingerprint density at radius 3 is 2.81 bits per heavy atom. The first kappa shape index (κ1) is 15.5. The van der Waals surface area contributed by atoms with Crippen molar-refractivity contribution in [3.05, 3.63) is 41.8 Å². The molecule has 0 radical (unpaired) electrons. The van der Waals surface area contributed by atoms with Crippen molar-refractivity contribution in [3.63, 3.8) is 0 Å². The molecule has 1 aromatic heterocycles. The maximum absolute atomic E-state index is 12.2. The molecule has 2 aromatic rings. The fourth-order valence-electron chi connectivity index (χ4n) is 1.95. The van der Waals surface area contributed by atoms with Crippen LogP contribution in [0.4, 0.5) is 0 Å². The van der Waals surface area contributed by atoms with E-state index >= 15 is 0 Å². The van der Waals surface area contributed by atoms with E-state index in [2.05, 4.69) is 9.88 Å². The van der Waals surface area contributed by atoms with Crippen molar-refractivity contribution in [1.29, 1.82) is 0 Å². The lowest BCUT2D eigenvalue weighted by Crippen LogP contribution is -2.25. The molecule has 21 heavy (non-hydrogen) atoms. The number of aryl methyl sites for hydroxylation is 2. The van der Waals surface area contributed by atoms with E-state index < -0.39 is 10.0 Å². The van der Waals surface area contributed by atoms with Gasteiger partial charge in [0.1, 0.15) is 12.0 Å². The van der Waals surface area contributed by atoms with Crippen LogP contribution in [-0.4, -0.2) is 27.2 Å². The molecular formula is C14H18N2O4S. The topological polar surface area (TPSA) is 81.4 Å². The standard InChI is InChI=1S/C14H18N2O4S/c1-11-8-13(5-6-14(11)19-2)21(17,18)16-7-3-4-12-9-15-20-10-12/h5-6,8-10,16H,3-4,7H2,1-2H3. The summed E-state index contributed by atoms with van der Waals surface area (Å²) in [7, 11) is -1.94. The molecule has 2 rings (SSSR count). The van der Waals surface area contributed by atoms with Crippen molar-refractivity contribution in [1.82, 2.24) is 9.88 Å². The van der Waals surface area contributed by atoms with Gasteiger partial charge in [-0.25, -0.2) is 13.1 Å². The molecule has 0 fully saturated rings. The van der Waals surface area contributed by atoms with Crippen LogP contribution in [-0.2, 0) is 16.4 Å². The molecule has 114 valence electrons. The highest BCUT2D eigenvalue weighted by Gasteiger charge is 2.14. The maximum atomic E-state index is 12.2. The number of sulfonamides is 1. The molecule has 1 aromatic carbocycles. The molecule has 0 atom stereocenters. The van der Waals surface area contributed by atoms with Gasteiger partial charge in [-0.3, -0.25) is 0 Å². The lowest BCUT2D eigenvalue weighted by Gasteiger charge is -2.09. The third-order valence-corrected chi connectivity index (χ3v) is 4.55. The summed E-state index contributed by atoms with van der Waals surface area (Å²) in [5, 5.41) is 3.60. The molecule has 0 aliphatic heterocycles. The van der Waals surface area contributed by atoms with Crippen LogP contribution in [0.15, 0.2) is 40.1 Å². The van der Waals surface area contributed by atoms with Gasteiger partial charge in [-0.1, -0.05) is 5.16 Å². The molecule has 1 heterocycles. The first-order valence-corrected chi connectivity index (χ1v) is 8.04. The van der Waals surface area contributed by atoms with Gasteiger partial charge in [0, 0.05) is 12.1 Å². The molecule has 0 saturated heterocycles. The van der Waals surface area contributed by atoms with Crippen molar-refractivity contribution in [2.75, 3.05) is 13.7 Å². The Kier molecular flexibility index (Phi) is 4.98. The molecule has 0 aliphatic rings. The predicted octanol–water partition coefficient (Wildman–Crippen LogP) is 1.90. The van der Waals surface area contributed by atoms with E-state index in [1.165, 1.54) is 6.07 Å². The zero-order valence-electron chi connectivity index (χ0n) is 12.0. The van der Waals surface area contributed by atoms with Gasteiger partial charge in [0.15, 0.2) is 0 Å². The molecule has 7 heteroatoms. The van der Waals surface area contributed by atoms with Crippen LogP contribution in [0.25, 0.3) is 0 Å². The van der Waals surface area contributed by atoms with Crippen LogP contribution >= 0.6 is 0 Å². The van der Waals surface area contributed by atoms with E-state index in [9.17, 15) is 8.42 Å². The average Bonchev–Trinajstić information content (AvgIpc) is 2.97. The highest BCUT2D eigenvalue weighted by atomic mass is 32.2. The van der Waals surface area contributed by atoms with E-state index in [1.807, 2.05) is 6.92 Å². The van der Waals surface area contributed by atoms with Crippen LogP contribution in [0.3, 0.4) is 0 Å². The second kappa shape index (κ2) is 6.73. The molecule has 0 amide bonds. The van der Waals surface area contributed by atoms with Crippen LogP contribution in [0, 0.1) is 6.92 Å². The zero-order chi connectivity index (χ0) is 15.3. The van der Waals surface area contributed by atoms with E-state index in [-0.39, 0.29) is 4.90 Å². The fraction of sp³-hybridized carbons (Fsp3) is 0.357. The summed E-state index contributed by atoms with van der Waals surface area (Å²) in [6.07, 6.45) is 4.58. The molecule has 1 N–H and O–H groups in total. The largest absolute Gasteiger partial charge is 0.496 e. The number of hydrogen-bond donors (Lipinski definition) is 1. The van der Waals surface area contributed by atoms with Crippen LogP contribution in [0.2, 0.25) is 0 Å². The number of rotatable bonds is 7. The SMILES string of the molecule is COc1ccc(S(=O)(=O)NCCCc2cnoc2)cc1C. The van der Waals surface area contributed by atoms with Gasteiger partial charge < -0.3 is 9.26 Å². The first-order valence-electron chi connectivity index (χ1n) is 6.55. The molecule has 0 saturated carbocycles. The Morgan fingerprint density at radius 2 is 2.19 bits per heavy atom. The maximum Gasteiger partial charge on any atom is 0.240 e. The van der Waals surface area contributed by atoms with Gasteiger partial charge in [0.05, 0.1) is 18.2 Å². The Morgan fingerprint density at radius 1 is 1.38 bits per heavy atom. The summed E-state index contributed by atoms with van der Waals surface area (Å²) in [5.41, 5.74) is 1.74.